The second-order valence-electron chi connectivity index (χ2n) is 7.60. The Bertz CT molecular complexity index is 746. The van der Waals surface area contributed by atoms with Gasteiger partial charge in [-0.3, -0.25) is 0 Å². The number of fused-ring (bicyclic) bond motifs is 3. The number of halogens is 1. The van der Waals surface area contributed by atoms with Gasteiger partial charge < -0.3 is 24.0 Å². The van der Waals surface area contributed by atoms with Crippen molar-refractivity contribution in [3.63, 3.8) is 0 Å². The molecule has 0 radical (unpaired) electrons. The van der Waals surface area contributed by atoms with E-state index in [0.717, 1.165) is 0 Å². The molecule has 1 fully saturated rings. The standard InChI is InChI=1S/C19H25FN2O5/c1-5-25-17(23)13-8-16-15(9-14(13)20)22-7-6-21(10-12(22)11-26-16)18(24)27-19(2,3)4/h8-9,12H,5-7,10-11H2,1-4H3/t12-/m0/s1. The molecule has 0 spiro atoms. The molecule has 2 aliphatic heterocycles. The number of carbonyl (C=O) groups is 2. The van der Waals surface area contributed by atoms with E-state index in [9.17, 15) is 14.0 Å². The normalized spacial score (nSPS) is 18.9. The number of anilines is 1. The van der Waals surface area contributed by atoms with Gasteiger partial charge in [0, 0.05) is 25.7 Å². The lowest BCUT2D eigenvalue weighted by molar-refractivity contribution is 0.0194. The number of benzene rings is 1. The molecule has 8 heteroatoms. The zero-order valence-electron chi connectivity index (χ0n) is 16.1. The van der Waals surface area contributed by atoms with Crippen LogP contribution in [-0.4, -0.2) is 61.5 Å². The Balaban J connectivity index is 1.76. The van der Waals surface area contributed by atoms with Crippen LogP contribution in [0.1, 0.15) is 38.1 Å². The average Bonchev–Trinajstić information content (AvgIpc) is 2.59. The molecule has 3 rings (SSSR count). The highest BCUT2D eigenvalue weighted by Gasteiger charge is 2.37. The molecule has 1 amide bonds. The highest BCUT2D eigenvalue weighted by Crippen LogP contribution is 2.37. The molecule has 0 N–H and O–H groups in total. The van der Waals surface area contributed by atoms with Crippen molar-refractivity contribution in [1.82, 2.24) is 4.90 Å². The lowest BCUT2D eigenvalue weighted by Crippen LogP contribution is -2.59. The van der Waals surface area contributed by atoms with Crippen molar-refractivity contribution in [2.75, 3.05) is 37.7 Å². The lowest BCUT2D eigenvalue weighted by atomic mass is 10.1. The molecule has 27 heavy (non-hydrogen) atoms. The monoisotopic (exact) mass is 380 g/mol. The predicted molar refractivity (Wildman–Crippen MR) is 96.8 cm³/mol. The van der Waals surface area contributed by atoms with Crippen LogP contribution in [0.3, 0.4) is 0 Å². The summed E-state index contributed by atoms with van der Waals surface area (Å²) in [6.45, 7) is 9.06. The van der Waals surface area contributed by atoms with Gasteiger partial charge in [-0.05, 0) is 33.8 Å². The Kier molecular flexibility index (Phi) is 5.17. The van der Waals surface area contributed by atoms with Crippen molar-refractivity contribution in [2.24, 2.45) is 0 Å². The molecule has 1 saturated heterocycles. The number of rotatable bonds is 2. The van der Waals surface area contributed by atoms with Crippen LogP contribution >= 0.6 is 0 Å². The first-order chi connectivity index (χ1) is 12.7. The number of carbonyl (C=O) groups excluding carboxylic acids is 2. The number of nitrogens with zero attached hydrogens (tertiary/aromatic N) is 2. The van der Waals surface area contributed by atoms with Crippen molar-refractivity contribution in [1.29, 1.82) is 0 Å². The highest BCUT2D eigenvalue weighted by molar-refractivity contribution is 5.91. The quantitative estimate of drug-likeness (QED) is 0.735. The fourth-order valence-corrected chi connectivity index (χ4v) is 3.24. The van der Waals surface area contributed by atoms with E-state index >= 15 is 0 Å². The van der Waals surface area contributed by atoms with E-state index in [1.54, 1.807) is 11.8 Å². The van der Waals surface area contributed by atoms with E-state index in [-0.39, 0.29) is 24.3 Å². The molecule has 0 aromatic heterocycles. The van der Waals surface area contributed by atoms with Crippen molar-refractivity contribution in [2.45, 2.75) is 39.3 Å². The third-order valence-corrected chi connectivity index (χ3v) is 4.42. The Morgan fingerprint density at radius 1 is 1.30 bits per heavy atom. The molecule has 1 atom stereocenters. The third kappa shape index (κ3) is 4.09. The van der Waals surface area contributed by atoms with Crippen LogP contribution < -0.4 is 9.64 Å². The van der Waals surface area contributed by atoms with Crippen LogP contribution in [0.25, 0.3) is 0 Å². The summed E-state index contributed by atoms with van der Waals surface area (Å²) in [6, 6.07) is 2.59. The number of piperazine rings is 1. The molecule has 1 aromatic carbocycles. The summed E-state index contributed by atoms with van der Waals surface area (Å²) < 4.78 is 30.5. The summed E-state index contributed by atoms with van der Waals surface area (Å²) in [5.41, 5.74) is -0.113. The molecule has 7 nitrogen and oxygen atoms in total. The van der Waals surface area contributed by atoms with Gasteiger partial charge in [-0.2, -0.15) is 0 Å². The van der Waals surface area contributed by atoms with E-state index in [2.05, 4.69) is 0 Å². The number of hydrogen-bond donors (Lipinski definition) is 0. The van der Waals surface area contributed by atoms with E-state index in [1.165, 1.54) is 12.1 Å². The smallest absolute Gasteiger partial charge is 0.410 e. The Morgan fingerprint density at radius 3 is 2.70 bits per heavy atom. The van der Waals surface area contributed by atoms with Gasteiger partial charge in [-0.1, -0.05) is 0 Å². The molecule has 0 saturated carbocycles. The zero-order chi connectivity index (χ0) is 19.8. The molecule has 1 aromatic rings. The first-order valence-electron chi connectivity index (χ1n) is 9.07. The Morgan fingerprint density at radius 2 is 2.04 bits per heavy atom. The fourth-order valence-electron chi connectivity index (χ4n) is 3.24. The molecular weight excluding hydrogens is 355 g/mol. The third-order valence-electron chi connectivity index (χ3n) is 4.42. The van der Waals surface area contributed by atoms with E-state index in [1.807, 2.05) is 25.7 Å². The minimum Gasteiger partial charge on any atom is -0.489 e. The van der Waals surface area contributed by atoms with Gasteiger partial charge in [-0.25, -0.2) is 14.0 Å². The van der Waals surface area contributed by atoms with Gasteiger partial charge in [-0.15, -0.1) is 0 Å². The van der Waals surface area contributed by atoms with E-state index in [0.29, 0.717) is 37.7 Å². The summed E-state index contributed by atoms with van der Waals surface area (Å²) in [5.74, 6) is -0.911. The number of ether oxygens (including phenoxy) is 3. The van der Waals surface area contributed by atoms with Crippen LogP contribution in [0.2, 0.25) is 0 Å². The second kappa shape index (κ2) is 7.25. The molecule has 0 unspecified atom stereocenters. The number of amides is 1. The largest absolute Gasteiger partial charge is 0.489 e. The molecular formula is C19H25FN2O5. The van der Waals surface area contributed by atoms with Crippen molar-refractivity contribution in [3.05, 3.63) is 23.5 Å². The van der Waals surface area contributed by atoms with Crippen LogP contribution in [-0.2, 0) is 9.47 Å². The van der Waals surface area contributed by atoms with Gasteiger partial charge >= 0.3 is 12.1 Å². The van der Waals surface area contributed by atoms with E-state index < -0.39 is 17.4 Å². The van der Waals surface area contributed by atoms with Crippen LogP contribution in [0, 0.1) is 5.82 Å². The minimum absolute atomic E-state index is 0.105. The molecule has 0 aliphatic carbocycles. The van der Waals surface area contributed by atoms with Crippen LogP contribution in [0.15, 0.2) is 12.1 Å². The van der Waals surface area contributed by atoms with Crippen LogP contribution in [0.4, 0.5) is 14.9 Å². The topological polar surface area (TPSA) is 68.3 Å². The fraction of sp³-hybridized carbons (Fsp3) is 0.579. The molecule has 2 heterocycles. The average molecular weight is 380 g/mol. The van der Waals surface area contributed by atoms with Crippen molar-refractivity contribution in [3.8, 4) is 5.75 Å². The molecule has 0 bridgehead atoms. The number of esters is 1. The SMILES string of the molecule is CCOC(=O)c1cc2c(cc1F)N1CCN(C(=O)OC(C)(C)C)C[C@H]1CO2. The van der Waals surface area contributed by atoms with Crippen LogP contribution in [0.5, 0.6) is 5.75 Å². The second-order valence-corrected chi connectivity index (χ2v) is 7.60. The maximum atomic E-state index is 14.4. The van der Waals surface area contributed by atoms with Gasteiger partial charge in [0.15, 0.2) is 0 Å². The van der Waals surface area contributed by atoms with Gasteiger partial charge in [0.05, 0.1) is 23.9 Å². The van der Waals surface area contributed by atoms with Crippen molar-refractivity contribution < 1.29 is 28.2 Å². The number of hydrogen-bond acceptors (Lipinski definition) is 6. The highest BCUT2D eigenvalue weighted by atomic mass is 19.1. The van der Waals surface area contributed by atoms with Crippen molar-refractivity contribution >= 4 is 17.7 Å². The van der Waals surface area contributed by atoms with E-state index in [4.69, 9.17) is 14.2 Å². The maximum absolute atomic E-state index is 14.4. The summed E-state index contributed by atoms with van der Waals surface area (Å²) >= 11 is 0. The van der Waals surface area contributed by atoms with Gasteiger partial charge in [0.2, 0.25) is 0 Å². The van der Waals surface area contributed by atoms with Gasteiger partial charge in [0.25, 0.3) is 0 Å². The minimum atomic E-state index is -0.710. The summed E-state index contributed by atoms with van der Waals surface area (Å²) in [6.07, 6.45) is -0.364. The van der Waals surface area contributed by atoms with Gasteiger partial charge in [0.1, 0.15) is 23.8 Å². The summed E-state index contributed by atoms with van der Waals surface area (Å²) in [5, 5.41) is 0. The predicted octanol–water partition coefficient (Wildman–Crippen LogP) is 2.82. The molecule has 148 valence electrons. The Hall–Kier alpha value is -2.51. The maximum Gasteiger partial charge on any atom is 0.410 e. The first kappa shape index (κ1) is 19.3. The summed E-state index contributed by atoms with van der Waals surface area (Å²) in [4.78, 5) is 27.8. The Labute approximate surface area is 158 Å². The lowest BCUT2D eigenvalue weighted by Gasteiger charge is -2.45. The zero-order valence-corrected chi connectivity index (χ0v) is 16.1. The summed E-state index contributed by atoms with van der Waals surface area (Å²) in [7, 11) is 0. The first-order valence-corrected chi connectivity index (χ1v) is 9.07. The molecule has 2 aliphatic rings.